The quantitative estimate of drug-likeness (QED) is 0.513. The number of hydrogen-bond donors (Lipinski definition) is 1. The van der Waals surface area contributed by atoms with Gasteiger partial charge in [-0.2, -0.15) is 0 Å². The molecule has 2 aromatic heterocycles. The Morgan fingerprint density at radius 1 is 1.44 bits per heavy atom. The second kappa shape index (κ2) is 5.64. The maximum atomic E-state index is 10.8. The Kier molecular flexibility index (Phi) is 4.15. The van der Waals surface area contributed by atoms with Crippen molar-refractivity contribution in [3.05, 3.63) is 48.2 Å². The van der Waals surface area contributed by atoms with Crippen LogP contribution in [-0.2, 0) is 6.54 Å². The number of nitrogens with one attached hydrogen (secondary N) is 1. The molecule has 0 aromatic carbocycles. The molecule has 0 aliphatic heterocycles. The minimum atomic E-state index is -0.490. The Balaban J connectivity index is 2.17. The van der Waals surface area contributed by atoms with E-state index in [-0.39, 0.29) is 16.7 Å². The van der Waals surface area contributed by atoms with Crippen LogP contribution in [0.1, 0.15) is 4.88 Å². The van der Waals surface area contributed by atoms with Gasteiger partial charge in [0.15, 0.2) is 0 Å². The third-order valence-corrected chi connectivity index (χ3v) is 3.93. The van der Waals surface area contributed by atoms with Crippen molar-refractivity contribution < 1.29 is 4.92 Å². The average Bonchev–Trinajstić information content (AvgIpc) is 2.72. The highest BCUT2D eigenvalue weighted by Gasteiger charge is 2.15. The molecule has 0 saturated heterocycles. The molecular formula is C10H7BrClN3O2S. The Morgan fingerprint density at radius 2 is 2.22 bits per heavy atom. The number of nitro groups is 1. The summed E-state index contributed by atoms with van der Waals surface area (Å²) in [7, 11) is 0. The molecule has 2 heterocycles. The maximum absolute atomic E-state index is 10.8. The van der Waals surface area contributed by atoms with Crippen LogP contribution in [0.5, 0.6) is 0 Å². The zero-order valence-electron chi connectivity index (χ0n) is 8.89. The van der Waals surface area contributed by atoms with Gasteiger partial charge in [-0.15, -0.1) is 11.3 Å². The Morgan fingerprint density at radius 3 is 2.83 bits per heavy atom. The fourth-order valence-corrected chi connectivity index (χ4v) is 2.89. The highest BCUT2D eigenvalue weighted by Crippen LogP contribution is 2.26. The zero-order valence-corrected chi connectivity index (χ0v) is 12.1. The molecule has 0 bridgehead atoms. The number of pyridine rings is 1. The van der Waals surface area contributed by atoms with E-state index in [1.54, 1.807) is 11.3 Å². The third-order valence-electron chi connectivity index (χ3n) is 2.10. The Hall–Kier alpha value is -1.18. The smallest absolute Gasteiger partial charge is 0.311 e. The van der Waals surface area contributed by atoms with Crippen molar-refractivity contribution in [2.45, 2.75) is 6.54 Å². The summed E-state index contributed by atoms with van der Waals surface area (Å²) >= 11 is 10.6. The molecule has 1 N–H and O–H groups in total. The van der Waals surface area contributed by atoms with E-state index in [0.717, 1.165) is 8.66 Å². The van der Waals surface area contributed by atoms with Gasteiger partial charge in [0.25, 0.3) is 0 Å². The molecule has 0 spiro atoms. The minimum Gasteiger partial charge on any atom is -0.359 e. The molecule has 18 heavy (non-hydrogen) atoms. The molecule has 2 rings (SSSR count). The lowest BCUT2D eigenvalue weighted by Crippen LogP contribution is -2.03. The lowest BCUT2D eigenvalue weighted by atomic mass is 10.4. The van der Waals surface area contributed by atoms with Crippen LogP contribution < -0.4 is 5.32 Å². The summed E-state index contributed by atoms with van der Waals surface area (Å²) in [5.74, 6) is 0.178. The molecular weight excluding hydrogens is 342 g/mol. The average molecular weight is 349 g/mol. The first-order valence-electron chi connectivity index (χ1n) is 4.85. The molecule has 5 nitrogen and oxygen atoms in total. The van der Waals surface area contributed by atoms with Gasteiger partial charge in [-0.25, -0.2) is 4.98 Å². The van der Waals surface area contributed by atoms with Gasteiger partial charge in [-0.3, -0.25) is 10.1 Å². The predicted octanol–water partition coefficient (Wildman–Crippen LogP) is 4.08. The monoisotopic (exact) mass is 347 g/mol. The summed E-state index contributed by atoms with van der Waals surface area (Å²) in [6.45, 7) is 0.463. The minimum absolute atomic E-state index is 0.0879. The van der Waals surface area contributed by atoms with E-state index in [4.69, 9.17) is 11.6 Å². The van der Waals surface area contributed by atoms with E-state index in [2.05, 4.69) is 26.2 Å². The fourth-order valence-electron chi connectivity index (χ4n) is 1.32. The van der Waals surface area contributed by atoms with Gasteiger partial charge >= 0.3 is 5.69 Å². The zero-order chi connectivity index (χ0) is 13.1. The second-order valence-corrected chi connectivity index (χ2v) is 6.25. The number of aromatic nitrogens is 1. The van der Waals surface area contributed by atoms with Gasteiger partial charge in [0.1, 0.15) is 5.15 Å². The van der Waals surface area contributed by atoms with Crippen LogP contribution in [0.25, 0.3) is 0 Å². The lowest BCUT2D eigenvalue weighted by molar-refractivity contribution is -0.384. The lowest BCUT2D eigenvalue weighted by Gasteiger charge is -2.04. The van der Waals surface area contributed by atoms with Crippen molar-refractivity contribution in [2.75, 3.05) is 5.32 Å². The topological polar surface area (TPSA) is 68.1 Å². The van der Waals surface area contributed by atoms with Crippen LogP contribution in [0.3, 0.4) is 0 Å². The molecule has 0 radical (unpaired) electrons. The molecule has 0 atom stereocenters. The first-order valence-corrected chi connectivity index (χ1v) is 6.84. The van der Waals surface area contributed by atoms with Crippen molar-refractivity contribution in [1.82, 2.24) is 4.98 Å². The number of hydrogen-bond acceptors (Lipinski definition) is 5. The van der Waals surface area contributed by atoms with E-state index >= 15 is 0 Å². The van der Waals surface area contributed by atoms with Crippen molar-refractivity contribution in [3.8, 4) is 0 Å². The van der Waals surface area contributed by atoms with Gasteiger partial charge < -0.3 is 5.32 Å². The van der Waals surface area contributed by atoms with Crippen molar-refractivity contribution in [2.24, 2.45) is 0 Å². The predicted molar refractivity (Wildman–Crippen MR) is 75.2 cm³/mol. The first-order chi connectivity index (χ1) is 8.56. The Bertz CT molecular complexity index is 590. The van der Waals surface area contributed by atoms with E-state index in [0.29, 0.717) is 6.54 Å². The largest absolute Gasteiger partial charge is 0.359 e. The van der Waals surface area contributed by atoms with Crippen LogP contribution in [0, 0.1) is 10.1 Å². The molecule has 0 aliphatic carbocycles. The highest BCUT2D eigenvalue weighted by molar-refractivity contribution is 9.11. The van der Waals surface area contributed by atoms with Crippen molar-refractivity contribution >= 4 is 50.4 Å². The van der Waals surface area contributed by atoms with E-state index in [1.165, 1.54) is 12.1 Å². The summed E-state index contributed by atoms with van der Waals surface area (Å²) < 4.78 is 1.01. The van der Waals surface area contributed by atoms with Crippen LogP contribution in [0.15, 0.2) is 28.1 Å². The van der Waals surface area contributed by atoms with Crippen LogP contribution in [-0.4, -0.2) is 9.91 Å². The Labute approximate surface area is 120 Å². The summed E-state index contributed by atoms with van der Waals surface area (Å²) in [6.07, 6.45) is 0. The van der Waals surface area contributed by atoms with Crippen LogP contribution in [0.4, 0.5) is 11.5 Å². The normalized spacial score (nSPS) is 10.3. The molecule has 2 aromatic rings. The highest BCUT2D eigenvalue weighted by atomic mass is 79.9. The first kappa shape index (κ1) is 13.3. The number of rotatable bonds is 4. The maximum Gasteiger partial charge on any atom is 0.311 e. The van der Waals surface area contributed by atoms with Gasteiger partial charge in [0.05, 0.1) is 15.3 Å². The van der Waals surface area contributed by atoms with Gasteiger partial charge in [-0.05, 0) is 34.1 Å². The molecule has 0 fully saturated rings. The fraction of sp³-hybridized carbons (Fsp3) is 0.100. The molecule has 0 unspecified atom stereocenters. The number of halogens is 2. The van der Waals surface area contributed by atoms with Gasteiger partial charge in [-0.1, -0.05) is 11.6 Å². The third kappa shape index (κ3) is 3.18. The molecule has 94 valence electrons. The molecule has 8 heteroatoms. The summed E-state index contributed by atoms with van der Waals surface area (Å²) in [6, 6.07) is 6.58. The standard InChI is InChI=1S/C10H7BrClN3O2S/c11-8-3-1-6(18-8)5-13-10-7(15(16)17)2-4-9(12)14-10/h1-4H,5H2,(H,13,14). The summed E-state index contributed by atoms with van der Waals surface area (Å²) in [4.78, 5) is 15.3. The number of nitrogens with zero attached hydrogens (tertiary/aromatic N) is 2. The van der Waals surface area contributed by atoms with Gasteiger partial charge in [0.2, 0.25) is 5.82 Å². The molecule has 0 amide bonds. The van der Waals surface area contributed by atoms with E-state index < -0.39 is 4.92 Å². The molecule has 0 saturated carbocycles. The summed E-state index contributed by atoms with van der Waals surface area (Å²) in [5, 5.41) is 14.0. The summed E-state index contributed by atoms with van der Waals surface area (Å²) in [5.41, 5.74) is -0.0879. The van der Waals surface area contributed by atoms with Gasteiger partial charge in [0, 0.05) is 10.9 Å². The SMILES string of the molecule is O=[N+]([O-])c1ccc(Cl)nc1NCc1ccc(Br)s1. The van der Waals surface area contributed by atoms with Crippen molar-refractivity contribution in [1.29, 1.82) is 0 Å². The van der Waals surface area contributed by atoms with Crippen LogP contribution in [0.2, 0.25) is 5.15 Å². The van der Waals surface area contributed by atoms with E-state index in [1.807, 2.05) is 12.1 Å². The second-order valence-electron chi connectivity index (χ2n) is 3.32. The molecule has 0 aliphatic rings. The number of thiophene rings is 1. The number of anilines is 1. The van der Waals surface area contributed by atoms with E-state index in [9.17, 15) is 10.1 Å². The van der Waals surface area contributed by atoms with Crippen molar-refractivity contribution in [3.63, 3.8) is 0 Å². The van der Waals surface area contributed by atoms with Crippen LogP contribution >= 0.6 is 38.9 Å².